The lowest BCUT2D eigenvalue weighted by Crippen LogP contribution is -2.31. The molecule has 2 heteroatoms. The topological polar surface area (TPSA) is 29.3 Å². The van der Waals surface area contributed by atoms with Crippen molar-refractivity contribution in [3.63, 3.8) is 0 Å². The molecular formula is C16H26N2. The quantitative estimate of drug-likeness (QED) is 0.800. The SMILES string of the molecule is CCCCN(C)C(CN)c1ccc(C2CC2)cc1. The van der Waals surface area contributed by atoms with Gasteiger partial charge in [-0.05, 0) is 49.9 Å². The zero-order valence-corrected chi connectivity index (χ0v) is 11.7. The highest BCUT2D eigenvalue weighted by Crippen LogP contribution is 2.40. The Bertz CT molecular complexity index is 354. The van der Waals surface area contributed by atoms with Crippen LogP contribution in [0.5, 0.6) is 0 Å². The minimum Gasteiger partial charge on any atom is -0.329 e. The molecule has 1 aromatic carbocycles. The van der Waals surface area contributed by atoms with Crippen molar-refractivity contribution in [3.05, 3.63) is 35.4 Å². The molecule has 2 N–H and O–H groups in total. The van der Waals surface area contributed by atoms with Gasteiger partial charge < -0.3 is 5.73 Å². The Labute approximate surface area is 111 Å². The van der Waals surface area contributed by atoms with Gasteiger partial charge >= 0.3 is 0 Å². The lowest BCUT2D eigenvalue weighted by atomic mass is 10.0. The molecule has 1 unspecified atom stereocenters. The molecule has 1 aromatic rings. The van der Waals surface area contributed by atoms with E-state index < -0.39 is 0 Å². The van der Waals surface area contributed by atoms with E-state index in [0.29, 0.717) is 12.6 Å². The van der Waals surface area contributed by atoms with Crippen molar-refractivity contribution in [2.75, 3.05) is 20.1 Å². The lowest BCUT2D eigenvalue weighted by molar-refractivity contribution is 0.246. The van der Waals surface area contributed by atoms with E-state index in [4.69, 9.17) is 5.73 Å². The van der Waals surface area contributed by atoms with E-state index in [1.165, 1.54) is 36.8 Å². The van der Waals surface area contributed by atoms with Gasteiger partial charge in [-0.25, -0.2) is 0 Å². The molecule has 0 spiro atoms. The molecule has 0 radical (unpaired) electrons. The van der Waals surface area contributed by atoms with E-state index in [2.05, 4.69) is 43.1 Å². The van der Waals surface area contributed by atoms with Crippen LogP contribution in [0, 0.1) is 0 Å². The average molecular weight is 246 g/mol. The van der Waals surface area contributed by atoms with Gasteiger partial charge in [0.05, 0.1) is 0 Å². The average Bonchev–Trinajstić information content (AvgIpc) is 3.22. The largest absolute Gasteiger partial charge is 0.329 e. The number of hydrogen-bond donors (Lipinski definition) is 1. The maximum Gasteiger partial charge on any atom is 0.0467 e. The van der Waals surface area contributed by atoms with Crippen molar-refractivity contribution < 1.29 is 0 Å². The van der Waals surface area contributed by atoms with E-state index >= 15 is 0 Å². The first kappa shape index (κ1) is 13.6. The number of likely N-dealkylation sites (N-methyl/N-ethyl adjacent to an activating group) is 1. The van der Waals surface area contributed by atoms with Crippen LogP contribution in [0.25, 0.3) is 0 Å². The summed E-state index contributed by atoms with van der Waals surface area (Å²) in [7, 11) is 2.18. The number of nitrogens with zero attached hydrogens (tertiary/aromatic N) is 1. The zero-order chi connectivity index (χ0) is 13.0. The monoisotopic (exact) mass is 246 g/mol. The minimum absolute atomic E-state index is 0.366. The van der Waals surface area contributed by atoms with Gasteiger partial charge in [0.25, 0.3) is 0 Å². The number of benzene rings is 1. The van der Waals surface area contributed by atoms with Gasteiger partial charge in [-0.1, -0.05) is 37.6 Å². The molecule has 100 valence electrons. The van der Waals surface area contributed by atoms with E-state index in [9.17, 15) is 0 Å². The summed E-state index contributed by atoms with van der Waals surface area (Å²) in [5.41, 5.74) is 8.81. The van der Waals surface area contributed by atoms with E-state index in [-0.39, 0.29) is 0 Å². The molecular weight excluding hydrogens is 220 g/mol. The van der Waals surface area contributed by atoms with Crippen LogP contribution in [-0.4, -0.2) is 25.0 Å². The van der Waals surface area contributed by atoms with Gasteiger partial charge in [-0.15, -0.1) is 0 Å². The molecule has 2 rings (SSSR count). The van der Waals surface area contributed by atoms with Crippen molar-refractivity contribution in [2.24, 2.45) is 5.73 Å². The number of unbranched alkanes of at least 4 members (excludes halogenated alkanes) is 1. The fourth-order valence-corrected chi connectivity index (χ4v) is 2.54. The Kier molecular flexibility index (Phi) is 4.79. The van der Waals surface area contributed by atoms with Crippen LogP contribution in [0.3, 0.4) is 0 Å². The van der Waals surface area contributed by atoms with Crippen LogP contribution >= 0.6 is 0 Å². The van der Waals surface area contributed by atoms with E-state index in [0.717, 1.165) is 12.5 Å². The Hall–Kier alpha value is -0.860. The molecule has 1 atom stereocenters. The maximum atomic E-state index is 5.95. The van der Waals surface area contributed by atoms with Crippen molar-refractivity contribution in [3.8, 4) is 0 Å². The summed E-state index contributed by atoms with van der Waals surface area (Å²) in [4.78, 5) is 2.38. The first-order valence-electron chi connectivity index (χ1n) is 7.26. The maximum absolute atomic E-state index is 5.95. The summed E-state index contributed by atoms with van der Waals surface area (Å²) in [6.45, 7) is 4.06. The second-order valence-corrected chi connectivity index (χ2v) is 5.53. The summed E-state index contributed by atoms with van der Waals surface area (Å²) < 4.78 is 0. The molecule has 1 fully saturated rings. The van der Waals surface area contributed by atoms with E-state index in [1.807, 2.05) is 0 Å². The standard InChI is InChI=1S/C16H26N2/c1-3-4-11-18(2)16(12-17)15-9-7-14(8-10-15)13-5-6-13/h7-10,13,16H,3-6,11-12,17H2,1-2H3. The van der Waals surface area contributed by atoms with Gasteiger partial charge in [0.1, 0.15) is 0 Å². The number of rotatable bonds is 7. The predicted octanol–water partition coefficient (Wildman–Crippen LogP) is 3.30. The highest BCUT2D eigenvalue weighted by atomic mass is 15.1. The molecule has 18 heavy (non-hydrogen) atoms. The van der Waals surface area contributed by atoms with Crippen LogP contribution in [0.1, 0.15) is 55.7 Å². The van der Waals surface area contributed by atoms with Crippen molar-refractivity contribution >= 4 is 0 Å². The highest BCUT2D eigenvalue weighted by Gasteiger charge is 2.23. The van der Waals surface area contributed by atoms with Crippen molar-refractivity contribution in [1.82, 2.24) is 4.90 Å². The lowest BCUT2D eigenvalue weighted by Gasteiger charge is -2.27. The molecule has 0 bridgehead atoms. The number of hydrogen-bond acceptors (Lipinski definition) is 2. The molecule has 0 amide bonds. The van der Waals surface area contributed by atoms with Gasteiger partial charge in [0, 0.05) is 12.6 Å². The first-order chi connectivity index (χ1) is 8.76. The van der Waals surface area contributed by atoms with Gasteiger partial charge in [0.2, 0.25) is 0 Å². The van der Waals surface area contributed by atoms with Crippen molar-refractivity contribution in [2.45, 2.75) is 44.6 Å². The highest BCUT2D eigenvalue weighted by molar-refractivity contribution is 5.29. The Morgan fingerprint density at radius 1 is 1.28 bits per heavy atom. The van der Waals surface area contributed by atoms with Crippen LogP contribution in [0.4, 0.5) is 0 Å². The fraction of sp³-hybridized carbons (Fsp3) is 0.625. The zero-order valence-electron chi connectivity index (χ0n) is 11.7. The summed E-state index contributed by atoms with van der Waals surface area (Å²) in [6.07, 6.45) is 5.22. The Morgan fingerprint density at radius 2 is 1.94 bits per heavy atom. The summed E-state index contributed by atoms with van der Waals surface area (Å²) in [6, 6.07) is 9.50. The van der Waals surface area contributed by atoms with Gasteiger partial charge in [-0.2, -0.15) is 0 Å². The molecule has 1 aliphatic rings. The Morgan fingerprint density at radius 3 is 2.44 bits per heavy atom. The van der Waals surface area contributed by atoms with E-state index in [1.54, 1.807) is 0 Å². The van der Waals surface area contributed by atoms with Crippen molar-refractivity contribution in [1.29, 1.82) is 0 Å². The second-order valence-electron chi connectivity index (χ2n) is 5.53. The summed E-state index contributed by atoms with van der Waals surface area (Å²) in [5, 5.41) is 0. The van der Waals surface area contributed by atoms with Gasteiger partial charge in [0.15, 0.2) is 0 Å². The summed E-state index contributed by atoms with van der Waals surface area (Å²) >= 11 is 0. The molecule has 0 saturated heterocycles. The van der Waals surface area contributed by atoms with Crippen LogP contribution in [0.15, 0.2) is 24.3 Å². The van der Waals surface area contributed by atoms with Crippen LogP contribution in [0.2, 0.25) is 0 Å². The third-order valence-electron chi connectivity index (χ3n) is 3.99. The van der Waals surface area contributed by atoms with Crippen LogP contribution in [-0.2, 0) is 0 Å². The second kappa shape index (κ2) is 6.35. The fourth-order valence-electron chi connectivity index (χ4n) is 2.54. The molecule has 0 heterocycles. The molecule has 0 aliphatic heterocycles. The smallest absolute Gasteiger partial charge is 0.0467 e. The van der Waals surface area contributed by atoms with Gasteiger partial charge in [-0.3, -0.25) is 4.90 Å². The molecule has 1 aliphatic carbocycles. The molecule has 2 nitrogen and oxygen atoms in total. The first-order valence-corrected chi connectivity index (χ1v) is 7.26. The normalized spacial score (nSPS) is 17.1. The van der Waals surface area contributed by atoms with Crippen LogP contribution < -0.4 is 5.73 Å². The molecule has 0 aromatic heterocycles. The number of nitrogens with two attached hydrogens (primary N) is 1. The summed E-state index contributed by atoms with van der Waals surface area (Å²) in [5.74, 6) is 0.841. The third-order valence-corrected chi connectivity index (χ3v) is 3.99. The molecule has 1 saturated carbocycles. The minimum atomic E-state index is 0.366. The third kappa shape index (κ3) is 3.33. The Balaban J connectivity index is 2.01. The predicted molar refractivity (Wildman–Crippen MR) is 77.8 cm³/mol.